The summed E-state index contributed by atoms with van der Waals surface area (Å²) in [5.74, 6) is -0.351. The highest BCUT2D eigenvalue weighted by Crippen LogP contribution is 2.19. The van der Waals surface area contributed by atoms with E-state index in [1.165, 1.54) is 24.3 Å². The van der Waals surface area contributed by atoms with Crippen molar-refractivity contribution in [2.45, 2.75) is 13.5 Å². The van der Waals surface area contributed by atoms with Crippen LogP contribution in [0.3, 0.4) is 0 Å². The summed E-state index contributed by atoms with van der Waals surface area (Å²) in [6, 6.07) is 10.9. The van der Waals surface area contributed by atoms with Crippen LogP contribution >= 0.6 is 0 Å². The Hall–Kier alpha value is -2.89. The lowest BCUT2D eigenvalue weighted by atomic mass is 10.1. The minimum Gasteiger partial charge on any atom is -0.356 e. The molecule has 5 nitrogen and oxygen atoms in total. The van der Waals surface area contributed by atoms with Gasteiger partial charge in [-0.25, -0.2) is 9.18 Å². The number of benzene rings is 2. The van der Waals surface area contributed by atoms with Gasteiger partial charge in [-0.15, -0.1) is 0 Å². The molecule has 0 saturated carbocycles. The van der Waals surface area contributed by atoms with E-state index in [2.05, 4.69) is 15.8 Å². The Morgan fingerprint density at radius 2 is 2.00 bits per heavy atom. The van der Waals surface area contributed by atoms with Crippen molar-refractivity contribution in [2.75, 3.05) is 5.32 Å². The normalized spacial score (nSPS) is 10.6. The summed E-state index contributed by atoms with van der Waals surface area (Å²) >= 11 is 0. The highest BCUT2D eigenvalue weighted by Gasteiger charge is 2.09. The van der Waals surface area contributed by atoms with Gasteiger partial charge in [0, 0.05) is 11.1 Å². The van der Waals surface area contributed by atoms with Gasteiger partial charge in [-0.1, -0.05) is 16.8 Å². The van der Waals surface area contributed by atoms with E-state index < -0.39 is 6.03 Å². The number of rotatable bonds is 3. The maximum atomic E-state index is 12.8. The quantitative estimate of drug-likeness (QED) is 0.776. The Morgan fingerprint density at radius 1 is 1.23 bits per heavy atom. The Labute approximate surface area is 126 Å². The molecule has 0 spiro atoms. The van der Waals surface area contributed by atoms with Crippen molar-refractivity contribution in [3.05, 3.63) is 59.5 Å². The highest BCUT2D eigenvalue weighted by atomic mass is 19.1. The van der Waals surface area contributed by atoms with Crippen LogP contribution in [0.5, 0.6) is 0 Å². The smallest absolute Gasteiger partial charge is 0.319 e. The molecule has 0 atom stereocenters. The first-order valence-electron chi connectivity index (χ1n) is 6.77. The van der Waals surface area contributed by atoms with Crippen LogP contribution in [-0.2, 0) is 6.54 Å². The molecular weight excluding hydrogens is 285 g/mol. The molecule has 2 N–H and O–H groups in total. The third-order valence-corrected chi connectivity index (χ3v) is 3.22. The summed E-state index contributed by atoms with van der Waals surface area (Å²) in [6.07, 6.45) is 0. The first-order chi connectivity index (χ1) is 10.6. The largest absolute Gasteiger partial charge is 0.356 e. The SMILES string of the molecule is Cc1ccc2onc(CNC(=O)Nc3ccc(F)cc3)c2c1. The third kappa shape index (κ3) is 3.06. The number of hydrogen-bond acceptors (Lipinski definition) is 3. The number of fused-ring (bicyclic) bond motifs is 1. The average Bonchev–Trinajstić information content (AvgIpc) is 2.90. The van der Waals surface area contributed by atoms with Gasteiger partial charge in [0.1, 0.15) is 11.5 Å². The molecule has 0 unspecified atom stereocenters. The Kier molecular flexibility index (Phi) is 3.74. The third-order valence-electron chi connectivity index (χ3n) is 3.22. The van der Waals surface area contributed by atoms with Crippen LogP contribution in [0.25, 0.3) is 11.0 Å². The number of hydrogen-bond donors (Lipinski definition) is 2. The number of aromatic nitrogens is 1. The highest BCUT2D eigenvalue weighted by molar-refractivity contribution is 5.89. The molecule has 0 aliphatic heterocycles. The molecule has 3 aromatic rings. The van der Waals surface area contributed by atoms with Crippen LogP contribution in [0.1, 0.15) is 11.3 Å². The van der Waals surface area contributed by atoms with Crippen molar-refractivity contribution in [1.82, 2.24) is 10.5 Å². The lowest BCUT2D eigenvalue weighted by Gasteiger charge is -2.06. The summed E-state index contributed by atoms with van der Waals surface area (Å²) < 4.78 is 18.0. The zero-order valence-electron chi connectivity index (χ0n) is 11.9. The van der Waals surface area contributed by atoms with E-state index in [1.807, 2.05) is 25.1 Å². The molecule has 6 heteroatoms. The average molecular weight is 299 g/mol. The van der Waals surface area contributed by atoms with Crippen LogP contribution in [0.15, 0.2) is 47.0 Å². The van der Waals surface area contributed by atoms with E-state index in [-0.39, 0.29) is 12.4 Å². The Bertz CT molecular complexity index is 812. The number of aryl methyl sites for hydroxylation is 1. The molecule has 1 heterocycles. The first kappa shape index (κ1) is 14.1. The van der Waals surface area contributed by atoms with Crippen molar-refractivity contribution in [3.63, 3.8) is 0 Å². The van der Waals surface area contributed by atoms with Gasteiger partial charge in [0.05, 0.1) is 6.54 Å². The van der Waals surface area contributed by atoms with E-state index in [0.29, 0.717) is 17.0 Å². The summed E-state index contributed by atoms with van der Waals surface area (Å²) in [7, 11) is 0. The fourth-order valence-electron chi connectivity index (χ4n) is 2.10. The summed E-state index contributed by atoms with van der Waals surface area (Å²) in [5, 5.41) is 10.1. The van der Waals surface area contributed by atoms with Crippen LogP contribution in [0, 0.1) is 12.7 Å². The zero-order chi connectivity index (χ0) is 15.5. The number of anilines is 1. The monoisotopic (exact) mass is 299 g/mol. The molecule has 0 fully saturated rings. The van der Waals surface area contributed by atoms with Crippen LogP contribution in [0.4, 0.5) is 14.9 Å². The number of carbonyl (C=O) groups excluding carboxylic acids is 1. The van der Waals surface area contributed by atoms with Gasteiger partial charge in [-0.3, -0.25) is 0 Å². The molecule has 0 radical (unpaired) electrons. The van der Waals surface area contributed by atoms with E-state index in [9.17, 15) is 9.18 Å². The molecule has 1 aromatic heterocycles. The molecular formula is C16H14FN3O2. The predicted octanol–water partition coefficient (Wildman–Crippen LogP) is 3.60. The van der Waals surface area contributed by atoms with Crippen LogP contribution < -0.4 is 10.6 Å². The fourth-order valence-corrected chi connectivity index (χ4v) is 2.10. The van der Waals surface area contributed by atoms with Crippen LogP contribution in [0.2, 0.25) is 0 Å². The first-order valence-corrected chi connectivity index (χ1v) is 6.77. The predicted molar refractivity (Wildman–Crippen MR) is 81.0 cm³/mol. The molecule has 112 valence electrons. The number of carbonyl (C=O) groups is 1. The minimum absolute atomic E-state index is 0.240. The maximum Gasteiger partial charge on any atom is 0.319 e. The second kappa shape index (κ2) is 5.85. The van der Waals surface area contributed by atoms with Crippen molar-refractivity contribution in [3.8, 4) is 0 Å². The Morgan fingerprint density at radius 3 is 2.77 bits per heavy atom. The van der Waals surface area contributed by atoms with Gasteiger partial charge in [-0.2, -0.15) is 0 Å². The van der Waals surface area contributed by atoms with Crippen LogP contribution in [-0.4, -0.2) is 11.2 Å². The molecule has 2 aromatic carbocycles. The molecule has 22 heavy (non-hydrogen) atoms. The summed E-state index contributed by atoms with van der Waals surface area (Å²) in [5.41, 5.74) is 2.95. The van der Waals surface area contributed by atoms with E-state index in [1.54, 1.807) is 0 Å². The van der Waals surface area contributed by atoms with Crippen molar-refractivity contribution in [1.29, 1.82) is 0 Å². The van der Waals surface area contributed by atoms with Gasteiger partial charge in [0.15, 0.2) is 5.58 Å². The number of amides is 2. The van der Waals surface area contributed by atoms with Gasteiger partial charge >= 0.3 is 6.03 Å². The molecule has 0 aliphatic rings. The number of halogens is 1. The lowest BCUT2D eigenvalue weighted by Crippen LogP contribution is -2.28. The molecule has 0 aliphatic carbocycles. The van der Waals surface area contributed by atoms with Crippen molar-refractivity contribution >= 4 is 22.7 Å². The summed E-state index contributed by atoms with van der Waals surface area (Å²) in [6.45, 7) is 2.22. The van der Waals surface area contributed by atoms with E-state index >= 15 is 0 Å². The number of nitrogens with one attached hydrogen (secondary N) is 2. The van der Waals surface area contributed by atoms with Gasteiger partial charge in [0.25, 0.3) is 0 Å². The van der Waals surface area contributed by atoms with Crippen molar-refractivity contribution < 1.29 is 13.7 Å². The van der Waals surface area contributed by atoms with Gasteiger partial charge in [0.2, 0.25) is 0 Å². The zero-order valence-corrected chi connectivity index (χ0v) is 11.9. The fraction of sp³-hybridized carbons (Fsp3) is 0.125. The van der Waals surface area contributed by atoms with Gasteiger partial charge in [-0.05, 0) is 43.3 Å². The van der Waals surface area contributed by atoms with Crippen molar-refractivity contribution in [2.24, 2.45) is 0 Å². The van der Waals surface area contributed by atoms with E-state index in [4.69, 9.17) is 4.52 Å². The topological polar surface area (TPSA) is 67.2 Å². The molecule has 0 saturated heterocycles. The number of urea groups is 1. The molecule has 0 bridgehead atoms. The standard InChI is InChI=1S/C16H14FN3O2/c1-10-2-7-15-13(8-10)14(20-22-15)9-18-16(21)19-12-5-3-11(17)4-6-12/h2-8H,9H2,1H3,(H2,18,19,21). The molecule has 2 amide bonds. The molecule has 3 rings (SSSR count). The lowest BCUT2D eigenvalue weighted by molar-refractivity contribution is 0.251. The summed E-state index contributed by atoms with van der Waals surface area (Å²) in [4.78, 5) is 11.8. The maximum absolute atomic E-state index is 12.8. The second-order valence-electron chi connectivity index (χ2n) is 4.94. The second-order valence-corrected chi connectivity index (χ2v) is 4.94. The number of nitrogens with zero attached hydrogens (tertiary/aromatic N) is 1. The Balaban J connectivity index is 1.64. The minimum atomic E-state index is -0.393. The van der Waals surface area contributed by atoms with Gasteiger partial charge < -0.3 is 15.2 Å². The van der Waals surface area contributed by atoms with E-state index in [0.717, 1.165) is 10.9 Å².